The molecule has 2 heterocycles. The molecular formula is C27H18BrN3O3S. The maximum Gasteiger partial charge on any atom is 0.331 e. The molecule has 0 saturated heterocycles. The molecule has 0 spiro atoms. The van der Waals surface area contributed by atoms with E-state index >= 15 is 0 Å². The molecule has 5 rings (SSSR count). The Kier molecular flexibility index (Phi) is 6.31. The molecule has 35 heavy (non-hydrogen) atoms. The summed E-state index contributed by atoms with van der Waals surface area (Å²) < 4.78 is 2.32. The number of para-hydroxylation sites is 3. The molecule has 0 aliphatic rings. The first kappa shape index (κ1) is 22.8. The van der Waals surface area contributed by atoms with E-state index in [1.165, 1.54) is 20.8 Å². The molecule has 3 aromatic carbocycles. The van der Waals surface area contributed by atoms with Gasteiger partial charge in [-0.05, 0) is 47.8 Å². The van der Waals surface area contributed by atoms with Crippen molar-refractivity contribution < 1.29 is 9.59 Å². The zero-order chi connectivity index (χ0) is 24.4. The number of anilines is 1. The van der Waals surface area contributed by atoms with Gasteiger partial charge in [0.05, 0.1) is 21.6 Å². The molecule has 6 nitrogen and oxygen atoms in total. The Bertz CT molecular complexity index is 1620. The summed E-state index contributed by atoms with van der Waals surface area (Å²) in [7, 11) is 0. The topological polar surface area (TPSA) is 75.2 Å². The average Bonchev–Trinajstić information content (AvgIpc) is 3.52. The molecule has 1 N–H and O–H groups in total. The molecule has 0 radical (unpaired) electrons. The number of thiophene rings is 1. The van der Waals surface area contributed by atoms with Crippen LogP contribution in [0.15, 0.2) is 112 Å². The Morgan fingerprint density at radius 1 is 0.914 bits per heavy atom. The lowest BCUT2D eigenvalue weighted by molar-refractivity contribution is -0.114. The fourth-order valence-electron chi connectivity index (χ4n) is 3.79. The lowest BCUT2D eigenvalue weighted by Gasteiger charge is -2.21. The van der Waals surface area contributed by atoms with Crippen molar-refractivity contribution in [2.45, 2.75) is 0 Å². The fourth-order valence-corrected chi connectivity index (χ4v) is 4.84. The normalized spacial score (nSPS) is 11.5. The monoisotopic (exact) mass is 543 g/mol. The Morgan fingerprint density at radius 2 is 1.69 bits per heavy atom. The molecule has 5 aromatic rings. The van der Waals surface area contributed by atoms with Crippen LogP contribution in [0.3, 0.4) is 0 Å². The number of aromatic amines is 1. The van der Waals surface area contributed by atoms with Crippen LogP contribution in [0.1, 0.15) is 15.2 Å². The third kappa shape index (κ3) is 4.53. The van der Waals surface area contributed by atoms with Crippen LogP contribution in [0.25, 0.3) is 16.7 Å². The molecule has 0 saturated carbocycles. The average molecular weight is 544 g/mol. The van der Waals surface area contributed by atoms with Crippen molar-refractivity contribution >= 4 is 61.4 Å². The third-order valence-electron chi connectivity index (χ3n) is 5.39. The minimum atomic E-state index is -0.723. The van der Waals surface area contributed by atoms with Crippen molar-refractivity contribution in [1.82, 2.24) is 9.55 Å². The Hall–Kier alpha value is -4.01. The van der Waals surface area contributed by atoms with Crippen LogP contribution >= 0.6 is 27.3 Å². The van der Waals surface area contributed by atoms with Crippen LogP contribution in [-0.2, 0) is 4.79 Å². The third-order valence-corrected chi connectivity index (χ3v) is 6.76. The van der Waals surface area contributed by atoms with Gasteiger partial charge in [0.2, 0.25) is 0 Å². The van der Waals surface area contributed by atoms with Gasteiger partial charge in [0.25, 0.3) is 5.78 Å². The number of nitrogens with one attached hydrogen (secondary N) is 1. The predicted molar refractivity (Wildman–Crippen MR) is 143 cm³/mol. The molecular weight excluding hydrogens is 526 g/mol. The van der Waals surface area contributed by atoms with E-state index in [2.05, 4.69) is 20.9 Å². The van der Waals surface area contributed by atoms with Crippen LogP contribution in [0.4, 0.5) is 5.69 Å². The number of hydrogen-bond donors (Lipinski definition) is 1. The summed E-state index contributed by atoms with van der Waals surface area (Å²) >= 11 is 4.70. The van der Waals surface area contributed by atoms with E-state index < -0.39 is 11.7 Å². The molecule has 0 atom stereocenters. The second-order valence-corrected chi connectivity index (χ2v) is 9.49. The molecule has 0 aliphatic heterocycles. The molecule has 0 unspecified atom stereocenters. The highest BCUT2D eigenvalue weighted by Gasteiger charge is 2.26. The van der Waals surface area contributed by atoms with Crippen LogP contribution in [0, 0.1) is 0 Å². The first-order valence-electron chi connectivity index (χ1n) is 10.7. The quantitative estimate of drug-likeness (QED) is 0.213. The van der Waals surface area contributed by atoms with Crippen LogP contribution in [0.5, 0.6) is 0 Å². The van der Waals surface area contributed by atoms with E-state index in [9.17, 15) is 14.4 Å². The van der Waals surface area contributed by atoms with Gasteiger partial charge in [0, 0.05) is 21.9 Å². The summed E-state index contributed by atoms with van der Waals surface area (Å²) in [6.07, 6.45) is 1.55. The summed E-state index contributed by atoms with van der Waals surface area (Å²) in [5.41, 5.74) is 2.57. The zero-order valence-corrected chi connectivity index (χ0v) is 20.6. The van der Waals surface area contributed by atoms with Gasteiger partial charge in [-0.15, -0.1) is 11.3 Å². The number of nitrogens with zero attached hydrogens (tertiary/aromatic N) is 2. The molecule has 8 heteroatoms. The first-order valence-corrected chi connectivity index (χ1v) is 12.3. The van der Waals surface area contributed by atoms with Crippen molar-refractivity contribution in [3.8, 4) is 0 Å². The van der Waals surface area contributed by atoms with Gasteiger partial charge in [-0.25, -0.2) is 4.79 Å². The maximum absolute atomic E-state index is 13.5. The van der Waals surface area contributed by atoms with E-state index in [0.29, 0.717) is 32.9 Å². The number of fused-ring (bicyclic) bond motifs is 1. The summed E-state index contributed by atoms with van der Waals surface area (Å²) in [4.78, 5) is 44.2. The highest BCUT2D eigenvalue weighted by Crippen LogP contribution is 2.27. The largest absolute Gasteiger partial charge is 0.331 e. The van der Waals surface area contributed by atoms with E-state index in [4.69, 9.17) is 0 Å². The first-order chi connectivity index (χ1) is 17.0. The predicted octanol–water partition coefficient (Wildman–Crippen LogP) is 5.92. The summed E-state index contributed by atoms with van der Waals surface area (Å²) in [5, 5.41) is 1.75. The van der Waals surface area contributed by atoms with Crippen LogP contribution in [0.2, 0.25) is 0 Å². The summed E-state index contributed by atoms with van der Waals surface area (Å²) in [5.74, 6) is -1.35. The van der Waals surface area contributed by atoms with E-state index in [1.807, 2.05) is 54.6 Å². The SMILES string of the molecule is O=C(C(=O)N(/C=C(\c1cccc(Br)c1)n1c(=O)[nH]c2ccccc21)c1ccccc1)c1cccs1. The highest BCUT2D eigenvalue weighted by atomic mass is 79.9. The molecule has 0 fully saturated rings. The number of H-pyrrole nitrogens is 1. The zero-order valence-electron chi connectivity index (χ0n) is 18.2. The molecule has 2 aromatic heterocycles. The van der Waals surface area contributed by atoms with Crippen molar-refractivity contribution in [1.29, 1.82) is 0 Å². The number of benzene rings is 3. The van der Waals surface area contributed by atoms with Gasteiger partial charge in [0.1, 0.15) is 0 Å². The van der Waals surface area contributed by atoms with Gasteiger partial charge >= 0.3 is 11.6 Å². The Labute approximate surface area is 212 Å². The number of carbonyl (C=O) groups is 2. The van der Waals surface area contributed by atoms with E-state index in [1.54, 1.807) is 48.0 Å². The van der Waals surface area contributed by atoms with Gasteiger partial charge in [-0.3, -0.25) is 19.1 Å². The number of hydrogen-bond acceptors (Lipinski definition) is 4. The summed E-state index contributed by atoms with van der Waals surface area (Å²) in [6.45, 7) is 0. The lowest BCUT2D eigenvalue weighted by atomic mass is 10.1. The highest BCUT2D eigenvalue weighted by molar-refractivity contribution is 9.10. The lowest BCUT2D eigenvalue weighted by Crippen LogP contribution is -2.33. The number of halogens is 1. The van der Waals surface area contributed by atoms with Gasteiger partial charge in [-0.2, -0.15) is 0 Å². The van der Waals surface area contributed by atoms with Crippen molar-refractivity contribution in [3.63, 3.8) is 0 Å². The van der Waals surface area contributed by atoms with Crippen molar-refractivity contribution in [2.24, 2.45) is 0 Å². The maximum atomic E-state index is 13.5. The molecule has 0 aliphatic carbocycles. The van der Waals surface area contributed by atoms with E-state index in [0.717, 1.165) is 4.47 Å². The minimum absolute atomic E-state index is 0.345. The Balaban J connectivity index is 1.76. The Morgan fingerprint density at radius 3 is 2.43 bits per heavy atom. The number of carbonyl (C=O) groups excluding carboxylic acids is 2. The minimum Gasteiger partial charge on any atom is -0.305 e. The number of amides is 1. The van der Waals surface area contributed by atoms with Gasteiger partial charge in [-0.1, -0.05) is 64.5 Å². The second-order valence-electron chi connectivity index (χ2n) is 7.62. The van der Waals surface area contributed by atoms with Gasteiger partial charge in [0.15, 0.2) is 0 Å². The standard InChI is InChI=1S/C27H18BrN3O3S/c28-19-9-6-8-18(16-19)23(31-22-13-5-4-12-21(22)29-27(31)34)17-30(20-10-2-1-3-11-20)26(33)25(32)24-14-7-15-35-24/h1-17H,(H,29,34)/b23-17+. The van der Waals surface area contributed by atoms with E-state index in [-0.39, 0.29) is 5.69 Å². The molecule has 1 amide bonds. The fraction of sp³-hybridized carbons (Fsp3) is 0. The number of imidazole rings is 1. The van der Waals surface area contributed by atoms with Crippen LogP contribution in [-0.4, -0.2) is 21.2 Å². The second kappa shape index (κ2) is 9.69. The number of rotatable bonds is 6. The number of aromatic nitrogens is 2. The smallest absolute Gasteiger partial charge is 0.305 e. The number of Topliss-reactive ketones (excluding diaryl/α,β-unsaturated/α-hetero) is 1. The van der Waals surface area contributed by atoms with Crippen molar-refractivity contribution in [3.05, 3.63) is 128 Å². The van der Waals surface area contributed by atoms with Gasteiger partial charge < -0.3 is 4.98 Å². The molecule has 0 bridgehead atoms. The van der Waals surface area contributed by atoms with Crippen molar-refractivity contribution in [2.75, 3.05) is 4.90 Å². The summed E-state index contributed by atoms with van der Waals surface area (Å²) in [6, 6.07) is 27.0. The van der Waals surface area contributed by atoms with Crippen LogP contribution < -0.4 is 10.6 Å². The number of ketones is 1. The molecule has 172 valence electrons.